The van der Waals surface area contributed by atoms with Gasteiger partial charge < -0.3 is 4.74 Å². The molecule has 3 aliphatic carbocycles. The van der Waals surface area contributed by atoms with Gasteiger partial charge in [-0.25, -0.2) is 4.90 Å². The van der Waals surface area contributed by atoms with Gasteiger partial charge in [0.25, 0.3) is 0 Å². The maximum atomic E-state index is 13.9. The average Bonchev–Trinajstić information content (AvgIpc) is 3.05. The molecule has 0 aromatic heterocycles. The third kappa shape index (κ3) is 2.26. The number of alkyl halides is 1. The van der Waals surface area contributed by atoms with Crippen molar-refractivity contribution in [3.8, 4) is 5.75 Å². The summed E-state index contributed by atoms with van der Waals surface area (Å²) in [6.07, 6.45) is 0. The minimum atomic E-state index is -0.771. The lowest BCUT2D eigenvalue weighted by Gasteiger charge is -2.51. The van der Waals surface area contributed by atoms with Crippen LogP contribution in [0.1, 0.15) is 28.2 Å². The maximum Gasteiger partial charge on any atom is 0.239 e. The van der Waals surface area contributed by atoms with Crippen LogP contribution in [0.3, 0.4) is 0 Å². The van der Waals surface area contributed by atoms with Gasteiger partial charge in [-0.3, -0.25) is 9.59 Å². The second-order valence-electron chi connectivity index (χ2n) is 8.20. The Morgan fingerprint density at radius 2 is 1.55 bits per heavy atom. The molecule has 7 rings (SSSR count). The van der Waals surface area contributed by atoms with Gasteiger partial charge in [0.15, 0.2) is 0 Å². The van der Waals surface area contributed by atoms with Crippen LogP contribution >= 0.6 is 27.5 Å². The molecule has 154 valence electrons. The van der Waals surface area contributed by atoms with Crippen molar-refractivity contribution in [2.24, 2.45) is 11.8 Å². The summed E-state index contributed by atoms with van der Waals surface area (Å²) in [5, 5.41) is 0.439. The fourth-order valence-electron chi connectivity index (χ4n) is 5.75. The summed E-state index contributed by atoms with van der Waals surface area (Å²) in [5.41, 5.74) is 4.70. The number of ether oxygens (including phenoxy) is 1. The van der Waals surface area contributed by atoms with E-state index in [1.807, 2.05) is 24.3 Å². The van der Waals surface area contributed by atoms with Crippen molar-refractivity contribution in [2.45, 2.75) is 10.2 Å². The van der Waals surface area contributed by atoms with Gasteiger partial charge in [-0.1, -0.05) is 76.1 Å². The Morgan fingerprint density at radius 3 is 2.16 bits per heavy atom. The van der Waals surface area contributed by atoms with Gasteiger partial charge in [-0.15, -0.1) is 0 Å². The molecule has 0 saturated carbocycles. The molecule has 4 nitrogen and oxygen atoms in total. The van der Waals surface area contributed by atoms with Crippen LogP contribution in [-0.4, -0.2) is 18.9 Å². The minimum Gasteiger partial charge on any atom is -0.495 e. The Labute approximate surface area is 192 Å². The number of halogens is 2. The fraction of sp³-hybridized carbons (Fsp3) is 0.200. The molecule has 6 heteroatoms. The highest BCUT2D eigenvalue weighted by molar-refractivity contribution is 9.09. The first-order valence-electron chi connectivity index (χ1n) is 10.1. The van der Waals surface area contributed by atoms with Gasteiger partial charge in [0.1, 0.15) is 5.75 Å². The van der Waals surface area contributed by atoms with Crippen LogP contribution in [0.4, 0.5) is 5.69 Å². The van der Waals surface area contributed by atoms with Crippen molar-refractivity contribution >= 4 is 45.0 Å². The Balaban J connectivity index is 1.62. The van der Waals surface area contributed by atoms with Crippen molar-refractivity contribution in [1.82, 2.24) is 0 Å². The summed E-state index contributed by atoms with van der Waals surface area (Å²) in [4.78, 5) is 29.1. The molecule has 3 aromatic carbocycles. The van der Waals surface area contributed by atoms with Crippen molar-refractivity contribution in [1.29, 1.82) is 0 Å². The number of nitrogens with zero attached hydrogens (tertiary/aromatic N) is 1. The van der Waals surface area contributed by atoms with Gasteiger partial charge in [0, 0.05) is 10.9 Å². The second kappa shape index (κ2) is 6.44. The number of methoxy groups -OCH3 is 1. The van der Waals surface area contributed by atoms with E-state index in [9.17, 15) is 9.59 Å². The molecule has 2 bridgehead atoms. The SMILES string of the molecule is COc1ccc(Cl)cc1N1C(=O)[C@@H]2C3c4ccccc4C(Br)(c4ccccc43)[C@H]2C1=O. The van der Waals surface area contributed by atoms with Crippen LogP contribution in [0.2, 0.25) is 5.02 Å². The predicted octanol–water partition coefficient (Wildman–Crippen LogP) is 5.25. The predicted molar refractivity (Wildman–Crippen MR) is 122 cm³/mol. The number of benzene rings is 3. The van der Waals surface area contributed by atoms with Crippen LogP contribution in [0.25, 0.3) is 0 Å². The van der Waals surface area contributed by atoms with E-state index >= 15 is 0 Å². The van der Waals surface area contributed by atoms with Crippen molar-refractivity contribution in [2.75, 3.05) is 12.0 Å². The molecule has 0 unspecified atom stereocenters. The molecule has 0 radical (unpaired) electrons. The molecular formula is C25H17BrClNO3. The van der Waals surface area contributed by atoms with E-state index < -0.39 is 16.2 Å². The highest BCUT2D eigenvalue weighted by atomic mass is 79.9. The summed E-state index contributed by atoms with van der Waals surface area (Å²) in [5.74, 6) is -1.24. The third-order valence-electron chi connectivity index (χ3n) is 6.90. The lowest BCUT2D eigenvalue weighted by atomic mass is 9.55. The molecule has 0 spiro atoms. The topological polar surface area (TPSA) is 46.6 Å². The number of hydrogen-bond acceptors (Lipinski definition) is 3. The first kappa shape index (κ1) is 19.1. The first-order valence-corrected chi connectivity index (χ1v) is 11.2. The Bertz CT molecular complexity index is 1240. The van der Waals surface area contributed by atoms with Crippen molar-refractivity contribution in [3.63, 3.8) is 0 Å². The Kier molecular flexibility index (Phi) is 3.96. The van der Waals surface area contributed by atoms with Crippen LogP contribution in [0, 0.1) is 11.8 Å². The smallest absolute Gasteiger partial charge is 0.239 e. The van der Waals surface area contributed by atoms with Gasteiger partial charge in [0.2, 0.25) is 11.8 Å². The number of amides is 2. The number of anilines is 1. The average molecular weight is 495 g/mol. The highest BCUT2D eigenvalue weighted by Gasteiger charge is 2.67. The normalized spacial score (nSPS) is 27.7. The summed E-state index contributed by atoms with van der Waals surface area (Å²) in [7, 11) is 1.52. The van der Waals surface area contributed by atoms with Gasteiger partial charge in [0.05, 0.1) is 29.0 Å². The zero-order valence-corrected chi connectivity index (χ0v) is 18.9. The molecule has 31 heavy (non-hydrogen) atoms. The first-order chi connectivity index (χ1) is 15.0. The molecule has 1 heterocycles. The molecule has 1 saturated heterocycles. The van der Waals surface area contributed by atoms with E-state index in [-0.39, 0.29) is 17.7 Å². The number of carbonyl (C=O) groups is 2. The van der Waals surface area contributed by atoms with Gasteiger partial charge in [-0.2, -0.15) is 0 Å². The molecule has 2 atom stereocenters. The standard InChI is InChI=1S/C25H17BrClNO3/c1-31-19-11-10-13(27)12-18(19)28-23(29)21-20-14-6-2-4-8-16(14)25(26,22(21)24(28)30)17-9-5-3-7-15(17)20/h2-12,20-22H,1H3/t20?,21-,22-,25?/m1/s1. The van der Waals surface area contributed by atoms with E-state index in [0.29, 0.717) is 16.5 Å². The molecule has 0 N–H and O–H groups in total. The zero-order valence-electron chi connectivity index (χ0n) is 16.5. The van der Waals surface area contributed by atoms with Crippen molar-refractivity contribution < 1.29 is 14.3 Å². The Morgan fingerprint density at radius 1 is 0.935 bits per heavy atom. The summed E-state index contributed by atoms with van der Waals surface area (Å²) >= 11 is 10.2. The van der Waals surface area contributed by atoms with E-state index in [1.54, 1.807) is 18.2 Å². The fourth-order valence-corrected chi connectivity index (χ4v) is 7.12. The van der Waals surface area contributed by atoms with Crippen LogP contribution in [0.15, 0.2) is 66.7 Å². The molecular weight excluding hydrogens is 478 g/mol. The van der Waals surface area contributed by atoms with E-state index in [2.05, 4.69) is 40.2 Å². The second-order valence-corrected chi connectivity index (χ2v) is 9.88. The van der Waals surface area contributed by atoms with Gasteiger partial charge in [-0.05, 0) is 40.5 Å². The van der Waals surface area contributed by atoms with Crippen LogP contribution in [0.5, 0.6) is 5.75 Å². The number of carbonyl (C=O) groups excluding carboxylic acids is 2. The van der Waals surface area contributed by atoms with E-state index in [0.717, 1.165) is 22.3 Å². The van der Waals surface area contributed by atoms with Crippen LogP contribution in [-0.2, 0) is 13.9 Å². The van der Waals surface area contributed by atoms with Crippen LogP contribution < -0.4 is 9.64 Å². The Hall–Kier alpha value is -2.63. The number of rotatable bonds is 2. The minimum absolute atomic E-state index is 0.177. The number of imide groups is 1. The summed E-state index contributed by atoms with van der Waals surface area (Å²) in [6.45, 7) is 0. The number of hydrogen-bond donors (Lipinski definition) is 0. The molecule has 2 amide bonds. The third-order valence-corrected chi connectivity index (χ3v) is 8.48. The lowest BCUT2D eigenvalue weighted by molar-refractivity contribution is -0.122. The quantitative estimate of drug-likeness (QED) is 0.361. The van der Waals surface area contributed by atoms with Gasteiger partial charge >= 0.3 is 0 Å². The lowest BCUT2D eigenvalue weighted by Crippen LogP contribution is -2.50. The maximum absolute atomic E-state index is 13.9. The van der Waals surface area contributed by atoms with Crippen molar-refractivity contribution in [3.05, 3.63) is 94.0 Å². The summed E-state index contributed by atoms with van der Waals surface area (Å²) in [6, 6.07) is 21.2. The van der Waals surface area contributed by atoms with E-state index in [4.69, 9.17) is 16.3 Å². The molecule has 1 aliphatic heterocycles. The molecule has 3 aromatic rings. The van der Waals surface area contributed by atoms with E-state index in [1.165, 1.54) is 12.0 Å². The highest BCUT2D eigenvalue weighted by Crippen LogP contribution is 2.66. The monoisotopic (exact) mass is 493 g/mol. The largest absolute Gasteiger partial charge is 0.495 e. The molecule has 1 fully saturated rings. The zero-order chi connectivity index (χ0) is 21.5. The summed E-state index contributed by atoms with van der Waals surface area (Å²) < 4.78 is 4.69. The molecule has 4 aliphatic rings.